The van der Waals surface area contributed by atoms with E-state index in [4.69, 9.17) is 10.5 Å². The monoisotopic (exact) mass is 485 g/mol. The van der Waals surface area contributed by atoms with Crippen molar-refractivity contribution in [2.45, 2.75) is 48.1 Å². The number of nitrogens with zero attached hydrogens (tertiary/aromatic N) is 1. The minimum absolute atomic E-state index is 0.00248. The molecular weight excluding hydrogens is 459 g/mol. The second-order valence-corrected chi connectivity index (χ2v) is 9.30. The Bertz CT molecular complexity index is 521. The van der Waals surface area contributed by atoms with Crippen molar-refractivity contribution in [2.75, 3.05) is 13.2 Å². The van der Waals surface area contributed by atoms with E-state index < -0.39 is 0 Å². The van der Waals surface area contributed by atoms with Crippen LogP contribution in [0.2, 0.25) is 3.48 Å². The zero-order chi connectivity index (χ0) is 15.4. The summed E-state index contributed by atoms with van der Waals surface area (Å²) < 4.78 is 8.66. The van der Waals surface area contributed by atoms with Crippen molar-refractivity contribution in [3.63, 3.8) is 0 Å². The molecule has 5 heteroatoms. The normalized spacial score (nSPS) is 24.0. The molecule has 21 heavy (non-hydrogen) atoms. The number of pyridine rings is 1. The van der Waals surface area contributed by atoms with Crippen LogP contribution in [-0.2, 0) is 11.8 Å². The van der Waals surface area contributed by atoms with Crippen molar-refractivity contribution in [1.29, 1.82) is 0 Å². The first kappa shape index (κ1) is 17.2. The van der Waals surface area contributed by atoms with Gasteiger partial charge in [-0.15, -0.1) is 0 Å². The Morgan fingerprint density at radius 1 is 1.43 bits per heavy atom. The Labute approximate surface area is 142 Å². The summed E-state index contributed by atoms with van der Waals surface area (Å²) in [5.74, 6) is -0.00248. The molecule has 3 radical (unpaired) electrons. The van der Waals surface area contributed by atoms with Gasteiger partial charge in [-0.3, -0.25) is 0 Å². The third kappa shape index (κ3) is 4.63. The standard InChI is InChI=1S/C16H25N2O2.Pb/c1-12-8-15(16(19)18(2)10-12)13(9-17)11-20-14-6-4-3-5-7-14;/h3,8,10,13-14H,4-7,9,11,17H2,1-2H3;. The van der Waals surface area contributed by atoms with E-state index in [9.17, 15) is 4.79 Å². The van der Waals surface area contributed by atoms with Crippen molar-refractivity contribution >= 4 is 25.8 Å². The van der Waals surface area contributed by atoms with Crippen molar-refractivity contribution < 1.29 is 4.74 Å². The maximum absolute atomic E-state index is 12.3. The van der Waals surface area contributed by atoms with Gasteiger partial charge in [-0.25, -0.2) is 0 Å². The molecular formula is C16H25N2O2Pb. The molecule has 1 heterocycles. The van der Waals surface area contributed by atoms with E-state index in [0.29, 0.717) is 19.3 Å². The molecule has 0 bridgehead atoms. The van der Waals surface area contributed by atoms with E-state index in [1.165, 1.54) is 38.6 Å². The topological polar surface area (TPSA) is 57.2 Å². The number of aromatic nitrogens is 1. The van der Waals surface area contributed by atoms with Crippen molar-refractivity contribution in [3.05, 3.63) is 33.7 Å². The molecule has 0 aromatic carbocycles. The number of ether oxygens (including phenoxy) is 1. The van der Waals surface area contributed by atoms with Gasteiger partial charge in [0.15, 0.2) is 0 Å². The quantitative estimate of drug-likeness (QED) is 0.647. The van der Waals surface area contributed by atoms with Crippen LogP contribution >= 0.6 is 0 Å². The summed E-state index contributed by atoms with van der Waals surface area (Å²) in [6, 6.07) is 1.96. The van der Waals surface area contributed by atoms with Gasteiger partial charge in [0, 0.05) is 0 Å². The number of rotatable bonds is 5. The van der Waals surface area contributed by atoms with Crippen LogP contribution in [0.3, 0.4) is 0 Å². The molecule has 0 aliphatic heterocycles. The molecule has 1 atom stereocenters. The molecule has 0 amide bonds. The van der Waals surface area contributed by atoms with Gasteiger partial charge >= 0.3 is 143 Å². The van der Waals surface area contributed by atoms with Gasteiger partial charge in [0.2, 0.25) is 0 Å². The molecule has 4 nitrogen and oxygen atoms in total. The molecule has 2 rings (SSSR count). The average molecular weight is 485 g/mol. The average Bonchev–Trinajstić information content (AvgIpc) is 2.46. The van der Waals surface area contributed by atoms with Crippen LogP contribution < -0.4 is 11.3 Å². The first-order valence-corrected chi connectivity index (χ1v) is 9.95. The maximum atomic E-state index is 12.3. The van der Waals surface area contributed by atoms with Gasteiger partial charge in [-0.2, -0.15) is 0 Å². The number of nitrogens with two attached hydrogens (primary N) is 1. The zero-order valence-corrected chi connectivity index (χ0v) is 16.9. The van der Waals surface area contributed by atoms with E-state index in [0.717, 1.165) is 27.4 Å². The van der Waals surface area contributed by atoms with Gasteiger partial charge in [-0.1, -0.05) is 0 Å². The second-order valence-electron chi connectivity index (χ2n) is 6.13. The first-order valence-electron chi connectivity index (χ1n) is 7.71. The molecule has 2 N–H and O–H groups in total. The van der Waals surface area contributed by atoms with Gasteiger partial charge in [0.05, 0.1) is 0 Å². The SMILES string of the molecule is Cc1cc(C(CN)COC2CC[CH]([Pb])CC2)c(=O)n(C)c1. The summed E-state index contributed by atoms with van der Waals surface area (Å²) in [7, 11) is 1.79. The second kappa shape index (κ2) is 7.87. The van der Waals surface area contributed by atoms with Crippen molar-refractivity contribution in [1.82, 2.24) is 4.57 Å². The van der Waals surface area contributed by atoms with E-state index in [1.807, 2.05) is 19.2 Å². The molecule has 0 saturated heterocycles. The summed E-state index contributed by atoms with van der Waals surface area (Å²) in [6.07, 6.45) is 7.14. The molecule has 1 unspecified atom stereocenters. The van der Waals surface area contributed by atoms with Crippen molar-refractivity contribution in [2.24, 2.45) is 12.8 Å². The van der Waals surface area contributed by atoms with Crippen LogP contribution in [0.15, 0.2) is 17.1 Å². The molecule has 0 spiro atoms. The first-order chi connectivity index (χ1) is 10.0. The number of hydrogen-bond donors (Lipinski definition) is 1. The predicted octanol–water partition coefficient (Wildman–Crippen LogP) is 1.65. The molecule has 115 valence electrons. The van der Waals surface area contributed by atoms with Gasteiger partial charge < -0.3 is 0 Å². The van der Waals surface area contributed by atoms with Crippen LogP contribution in [0.4, 0.5) is 0 Å². The summed E-state index contributed by atoms with van der Waals surface area (Å²) in [6.45, 7) is 3.02. The van der Waals surface area contributed by atoms with Crippen LogP contribution in [0.5, 0.6) is 0 Å². The summed E-state index contributed by atoms with van der Waals surface area (Å²) in [5.41, 5.74) is 7.81. The van der Waals surface area contributed by atoms with Gasteiger partial charge in [0.1, 0.15) is 0 Å². The summed E-state index contributed by atoms with van der Waals surface area (Å²) >= 11 is 1.30. The summed E-state index contributed by atoms with van der Waals surface area (Å²) in [5, 5.41) is 0. The van der Waals surface area contributed by atoms with Crippen LogP contribution in [0.25, 0.3) is 0 Å². The van der Waals surface area contributed by atoms with Gasteiger partial charge in [-0.05, 0) is 0 Å². The fraction of sp³-hybridized carbons (Fsp3) is 0.688. The minimum atomic E-state index is -0.00248. The molecule has 1 aliphatic carbocycles. The zero-order valence-electron chi connectivity index (χ0n) is 13.0. The fourth-order valence-electron chi connectivity index (χ4n) is 2.97. The molecule has 1 aromatic rings. The fourth-order valence-corrected chi connectivity index (χ4v) is 4.27. The van der Waals surface area contributed by atoms with Crippen LogP contribution in [0.1, 0.15) is 42.7 Å². The van der Waals surface area contributed by atoms with E-state index in [1.54, 1.807) is 11.6 Å². The van der Waals surface area contributed by atoms with E-state index >= 15 is 0 Å². The van der Waals surface area contributed by atoms with E-state index in [2.05, 4.69) is 0 Å². The van der Waals surface area contributed by atoms with Crippen molar-refractivity contribution in [3.8, 4) is 0 Å². The molecule has 1 fully saturated rings. The summed E-state index contributed by atoms with van der Waals surface area (Å²) in [4.78, 5) is 12.3. The Kier molecular flexibility index (Phi) is 6.43. The Morgan fingerprint density at radius 3 is 2.71 bits per heavy atom. The van der Waals surface area contributed by atoms with E-state index in [-0.39, 0.29) is 11.5 Å². The Hall–Kier alpha value is -0.208. The third-order valence-corrected chi connectivity index (χ3v) is 6.52. The molecule has 1 aromatic heterocycles. The Balaban J connectivity index is 2.02. The third-order valence-electron chi connectivity index (χ3n) is 4.28. The Morgan fingerprint density at radius 2 is 2.10 bits per heavy atom. The van der Waals surface area contributed by atoms with Gasteiger partial charge in [0.25, 0.3) is 0 Å². The molecule has 1 saturated carbocycles. The molecule has 1 aliphatic rings. The number of hydrogen-bond acceptors (Lipinski definition) is 3. The van der Waals surface area contributed by atoms with Crippen LogP contribution in [0, 0.1) is 6.92 Å². The predicted molar refractivity (Wildman–Crippen MR) is 85.9 cm³/mol. The van der Waals surface area contributed by atoms with Crippen LogP contribution in [-0.4, -0.2) is 49.6 Å². The number of aryl methyl sites for hydroxylation is 2.